The molecule has 80 valence electrons. The number of aliphatic hydroxyl groups is 1. The third-order valence-corrected chi connectivity index (χ3v) is 2.12. The second kappa shape index (κ2) is 3.99. The second-order valence-electron chi connectivity index (χ2n) is 2.81. The molecule has 0 fully saturated rings. The molecule has 0 saturated heterocycles. The minimum atomic E-state index is 0.00552. The summed E-state index contributed by atoms with van der Waals surface area (Å²) in [4.78, 5) is 15.1. The molecule has 0 radical (unpaired) electrons. The summed E-state index contributed by atoms with van der Waals surface area (Å²) in [6.45, 7) is 0.377. The number of nitrogens with one attached hydrogen (secondary N) is 2. The molecule has 0 aliphatic rings. The van der Waals surface area contributed by atoms with E-state index in [1.54, 1.807) is 0 Å². The number of hydrogen-bond acceptors (Lipinski definition) is 6. The fourth-order valence-electron chi connectivity index (χ4n) is 1.14. The summed E-state index contributed by atoms with van der Waals surface area (Å²) in [5.41, 5.74) is 6.77. The van der Waals surface area contributed by atoms with Crippen LogP contribution >= 0.6 is 15.9 Å². The van der Waals surface area contributed by atoms with E-state index in [0.717, 1.165) is 0 Å². The molecule has 0 aliphatic carbocycles. The van der Waals surface area contributed by atoms with Crippen molar-refractivity contribution in [1.29, 1.82) is 0 Å². The zero-order chi connectivity index (χ0) is 10.8. The first kappa shape index (κ1) is 10.1. The third kappa shape index (κ3) is 2.00. The predicted molar refractivity (Wildman–Crippen MR) is 59.4 cm³/mol. The Bertz CT molecular complexity index is 484. The van der Waals surface area contributed by atoms with Gasteiger partial charge < -0.3 is 21.1 Å². The minimum Gasteiger partial charge on any atom is -0.395 e. The highest BCUT2D eigenvalue weighted by atomic mass is 79.9. The van der Waals surface area contributed by atoms with E-state index in [0.29, 0.717) is 34.2 Å². The standard InChI is InChI=1S/C7H9BrN6O/c8-6-11-3-4(9)12-7(10-1-2-15)14-5(3)13-6/h15H,1-2H2,(H4,9,10,11,12,13,14). The van der Waals surface area contributed by atoms with Crippen molar-refractivity contribution in [3.05, 3.63) is 4.73 Å². The predicted octanol–water partition coefficient (Wildman–Crippen LogP) is 0.102. The molecule has 8 heteroatoms. The summed E-state index contributed by atoms with van der Waals surface area (Å²) in [5, 5.41) is 11.5. The molecule has 0 saturated carbocycles. The summed E-state index contributed by atoms with van der Waals surface area (Å²) in [5.74, 6) is 0.673. The molecule has 0 unspecified atom stereocenters. The largest absolute Gasteiger partial charge is 0.395 e. The first-order chi connectivity index (χ1) is 7.20. The van der Waals surface area contributed by atoms with Crippen molar-refractivity contribution in [2.45, 2.75) is 0 Å². The molecule has 0 atom stereocenters. The number of aliphatic hydroxyl groups excluding tert-OH is 1. The molecule has 2 aromatic heterocycles. The van der Waals surface area contributed by atoms with E-state index in [1.165, 1.54) is 0 Å². The van der Waals surface area contributed by atoms with Gasteiger partial charge in [-0.15, -0.1) is 0 Å². The van der Waals surface area contributed by atoms with Crippen LogP contribution in [-0.2, 0) is 0 Å². The number of hydrogen-bond donors (Lipinski definition) is 4. The van der Waals surface area contributed by atoms with Gasteiger partial charge in [-0.2, -0.15) is 9.97 Å². The number of nitrogens with two attached hydrogens (primary N) is 1. The van der Waals surface area contributed by atoms with E-state index >= 15 is 0 Å². The minimum absolute atomic E-state index is 0.00552. The van der Waals surface area contributed by atoms with Crippen LogP contribution in [-0.4, -0.2) is 38.2 Å². The molecule has 0 spiro atoms. The van der Waals surface area contributed by atoms with Crippen molar-refractivity contribution in [1.82, 2.24) is 19.9 Å². The van der Waals surface area contributed by atoms with E-state index in [-0.39, 0.29) is 6.61 Å². The maximum absolute atomic E-state index is 8.64. The van der Waals surface area contributed by atoms with Gasteiger partial charge >= 0.3 is 0 Å². The zero-order valence-electron chi connectivity index (χ0n) is 7.66. The van der Waals surface area contributed by atoms with E-state index < -0.39 is 0 Å². The van der Waals surface area contributed by atoms with Gasteiger partial charge in [-0.25, -0.2) is 4.98 Å². The van der Waals surface area contributed by atoms with Crippen molar-refractivity contribution in [3.63, 3.8) is 0 Å². The van der Waals surface area contributed by atoms with E-state index in [9.17, 15) is 0 Å². The van der Waals surface area contributed by atoms with Crippen molar-refractivity contribution in [3.8, 4) is 0 Å². The highest BCUT2D eigenvalue weighted by molar-refractivity contribution is 9.10. The SMILES string of the molecule is Nc1nc(NCCO)nc2nc(Br)[nH]c12. The number of imidazole rings is 1. The van der Waals surface area contributed by atoms with Crippen molar-refractivity contribution in [2.75, 3.05) is 24.2 Å². The number of anilines is 2. The van der Waals surface area contributed by atoms with Gasteiger partial charge in [0, 0.05) is 6.54 Å². The van der Waals surface area contributed by atoms with Crippen LogP contribution in [0, 0.1) is 0 Å². The quantitative estimate of drug-likeness (QED) is 0.590. The third-order valence-electron chi connectivity index (χ3n) is 1.75. The Morgan fingerprint density at radius 2 is 2.20 bits per heavy atom. The normalized spacial score (nSPS) is 10.8. The molecule has 0 aromatic carbocycles. The Balaban J connectivity index is 2.42. The van der Waals surface area contributed by atoms with Crippen molar-refractivity contribution in [2.24, 2.45) is 0 Å². The maximum Gasteiger partial charge on any atom is 0.226 e. The number of aromatic nitrogens is 4. The molecule has 2 heterocycles. The van der Waals surface area contributed by atoms with Gasteiger partial charge in [0.25, 0.3) is 0 Å². The summed E-state index contributed by atoms with van der Waals surface area (Å²) in [6, 6.07) is 0. The molecule has 5 N–H and O–H groups in total. The lowest BCUT2D eigenvalue weighted by atomic mass is 10.5. The summed E-state index contributed by atoms with van der Waals surface area (Å²) in [7, 11) is 0. The van der Waals surface area contributed by atoms with E-state index in [2.05, 4.69) is 41.2 Å². The first-order valence-electron chi connectivity index (χ1n) is 4.24. The van der Waals surface area contributed by atoms with Gasteiger partial charge in [0.1, 0.15) is 5.52 Å². The average Bonchev–Trinajstić information content (AvgIpc) is 2.56. The van der Waals surface area contributed by atoms with Crippen LogP contribution in [0.2, 0.25) is 0 Å². The lowest BCUT2D eigenvalue weighted by Crippen LogP contribution is -2.09. The number of halogens is 1. The van der Waals surface area contributed by atoms with Crippen molar-refractivity contribution < 1.29 is 5.11 Å². The maximum atomic E-state index is 8.64. The van der Waals surface area contributed by atoms with Crippen molar-refractivity contribution >= 4 is 38.9 Å². The molecule has 0 amide bonds. The number of rotatable bonds is 3. The van der Waals surface area contributed by atoms with Crippen LogP contribution in [0.1, 0.15) is 0 Å². The Morgan fingerprint density at radius 1 is 1.40 bits per heavy atom. The van der Waals surface area contributed by atoms with Gasteiger partial charge in [0.2, 0.25) is 5.95 Å². The molecule has 2 aromatic rings. The molecular weight excluding hydrogens is 264 g/mol. The fourth-order valence-corrected chi connectivity index (χ4v) is 1.50. The Kier molecular flexibility index (Phi) is 2.69. The van der Waals surface area contributed by atoms with Gasteiger partial charge in [0.05, 0.1) is 6.61 Å². The van der Waals surface area contributed by atoms with Gasteiger partial charge in [-0.3, -0.25) is 0 Å². The van der Waals surface area contributed by atoms with Gasteiger partial charge in [-0.05, 0) is 15.9 Å². The van der Waals surface area contributed by atoms with Crippen LogP contribution in [0.3, 0.4) is 0 Å². The van der Waals surface area contributed by atoms with Crippen LogP contribution < -0.4 is 11.1 Å². The second-order valence-corrected chi connectivity index (χ2v) is 3.56. The van der Waals surface area contributed by atoms with Crippen LogP contribution in [0.5, 0.6) is 0 Å². The molecule has 7 nitrogen and oxygen atoms in total. The van der Waals surface area contributed by atoms with Gasteiger partial charge in [0.15, 0.2) is 16.2 Å². The van der Waals surface area contributed by atoms with Crippen LogP contribution in [0.25, 0.3) is 11.2 Å². The van der Waals surface area contributed by atoms with Gasteiger partial charge in [-0.1, -0.05) is 0 Å². The lowest BCUT2D eigenvalue weighted by Gasteiger charge is -2.02. The number of nitrogen functional groups attached to an aromatic ring is 1. The van der Waals surface area contributed by atoms with Crippen LogP contribution in [0.15, 0.2) is 4.73 Å². The smallest absolute Gasteiger partial charge is 0.226 e. The molecule has 2 rings (SSSR count). The number of aromatic amines is 1. The zero-order valence-corrected chi connectivity index (χ0v) is 9.24. The highest BCUT2D eigenvalue weighted by Gasteiger charge is 2.08. The lowest BCUT2D eigenvalue weighted by molar-refractivity contribution is 0.311. The average molecular weight is 273 g/mol. The summed E-state index contributed by atoms with van der Waals surface area (Å²) >= 11 is 3.19. The first-order valence-corrected chi connectivity index (χ1v) is 5.03. The van der Waals surface area contributed by atoms with E-state index in [1.807, 2.05) is 0 Å². The number of fused-ring (bicyclic) bond motifs is 1. The molecule has 0 aliphatic heterocycles. The molecular formula is C7H9BrN6O. The summed E-state index contributed by atoms with van der Waals surface area (Å²) < 4.78 is 0.554. The molecule has 15 heavy (non-hydrogen) atoms. The Morgan fingerprint density at radius 3 is 2.93 bits per heavy atom. The Hall–Kier alpha value is -1.41. The molecule has 0 bridgehead atoms. The number of H-pyrrole nitrogens is 1. The highest BCUT2D eigenvalue weighted by Crippen LogP contribution is 2.19. The Labute approximate surface area is 93.3 Å². The fraction of sp³-hybridized carbons (Fsp3) is 0.286. The number of nitrogens with zero attached hydrogens (tertiary/aromatic N) is 3. The summed E-state index contributed by atoms with van der Waals surface area (Å²) in [6.07, 6.45) is 0. The van der Waals surface area contributed by atoms with Crippen LogP contribution in [0.4, 0.5) is 11.8 Å². The topological polar surface area (TPSA) is 113 Å². The van der Waals surface area contributed by atoms with E-state index in [4.69, 9.17) is 10.8 Å². The monoisotopic (exact) mass is 272 g/mol.